The first-order valence-corrected chi connectivity index (χ1v) is 8.06. The summed E-state index contributed by atoms with van der Waals surface area (Å²) in [5.41, 5.74) is 2.43. The zero-order valence-corrected chi connectivity index (χ0v) is 14.2. The summed E-state index contributed by atoms with van der Waals surface area (Å²) in [6.07, 6.45) is 2.32. The van der Waals surface area contributed by atoms with Gasteiger partial charge in [-0.1, -0.05) is 36.4 Å². The van der Waals surface area contributed by atoms with E-state index in [0.29, 0.717) is 12.0 Å². The average Bonchev–Trinajstić information content (AvgIpc) is 3.01. The maximum Gasteiger partial charge on any atom is 0.328 e. The molecule has 1 heterocycles. The molecule has 1 aromatic heterocycles. The number of hydrogen-bond acceptors (Lipinski definition) is 3. The van der Waals surface area contributed by atoms with Gasteiger partial charge in [0.05, 0.1) is 7.11 Å². The van der Waals surface area contributed by atoms with Crippen LogP contribution in [0.25, 0.3) is 10.9 Å². The number of aromatic nitrogens is 1. The van der Waals surface area contributed by atoms with Gasteiger partial charge in [-0.25, -0.2) is 4.79 Å². The zero-order chi connectivity index (χ0) is 17.8. The first kappa shape index (κ1) is 16.8. The number of nitrogens with one attached hydrogen (secondary N) is 1. The number of rotatable bonds is 5. The summed E-state index contributed by atoms with van der Waals surface area (Å²) in [6, 6.07) is 16.3. The van der Waals surface area contributed by atoms with Crippen molar-refractivity contribution in [1.82, 2.24) is 9.88 Å². The van der Waals surface area contributed by atoms with Crippen molar-refractivity contribution in [2.24, 2.45) is 7.05 Å². The van der Waals surface area contributed by atoms with Crippen LogP contribution in [-0.4, -0.2) is 29.6 Å². The number of hydrogen-bond donors (Lipinski definition) is 1. The second kappa shape index (κ2) is 7.21. The molecule has 128 valence electrons. The minimum atomic E-state index is -0.732. The van der Waals surface area contributed by atoms with Crippen LogP contribution in [0, 0.1) is 0 Å². The lowest BCUT2D eigenvalue weighted by Gasteiger charge is -2.17. The van der Waals surface area contributed by atoms with E-state index in [4.69, 9.17) is 4.74 Å². The Morgan fingerprint density at radius 2 is 1.88 bits per heavy atom. The van der Waals surface area contributed by atoms with Crippen molar-refractivity contribution in [2.75, 3.05) is 7.11 Å². The molecule has 1 atom stereocenters. The molecule has 0 aliphatic carbocycles. The fourth-order valence-electron chi connectivity index (χ4n) is 2.83. The SMILES string of the molecule is COC(=O)[C@H](Cc1ccccc1)NC(=O)c1ccc2ccn(C)c2c1. The molecule has 0 spiro atoms. The second-order valence-corrected chi connectivity index (χ2v) is 5.94. The molecule has 0 fully saturated rings. The Hall–Kier alpha value is -3.08. The van der Waals surface area contributed by atoms with Crippen molar-refractivity contribution in [3.8, 4) is 0 Å². The molecule has 1 N–H and O–H groups in total. The molecular formula is C20H20N2O3. The Bertz CT molecular complexity index is 900. The van der Waals surface area contributed by atoms with E-state index in [1.807, 2.05) is 66.3 Å². The molecule has 0 saturated heterocycles. The van der Waals surface area contributed by atoms with E-state index in [0.717, 1.165) is 16.5 Å². The predicted octanol–water partition coefficient (Wildman–Crippen LogP) is 2.69. The largest absolute Gasteiger partial charge is 0.467 e. The Labute approximate surface area is 146 Å². The van der Waals surface area contributed by atoms with Gasteiger partial charge in [-0.05, 0) is 29.1 Å². The van der Waals surface area contributed by atoms with E-state index >= 15 is 0 Å². The Balaban J connectivity index is 1.81. The zero-order valence-electron chi connectivity index (χ0n) is 14.2. The van der Waals surface area contributed by atoms with Crippen LogP contribution in [-0.2, 0) is 23.0 Å². The molecule has 0 aliphatic heterocycles. The van der Waals surface area contributed by atoms with Gasteiger partial charge in [0.25, 0.3) is 5.91 Å². The number of benzene rings is 2. The van der Waals surface area contributed by atoms with Crippen molar-refractivity contribution in [1.29, 1.82) is 0 Å². The van der Waals surface area contributed by atoms with Crippen LogP contribution in [0.2, 0.25) is 0 Å². The molecular weight excluding hydrogens is 316 g/mol. The molecule has 3 aromatic rings. The highest BCUT2D eigenvalue weighted by Crippen LogP contribution is 2.17. The molecule has 5 nitrogen and oxygen atoms in total. The topological polar surface area (TPSA) is 60.3 Å². The quantitative estimate of drug-likeness (QED) is 0.729. The highest BCUT2D eigenvalue weighted by molar-refractivity contribution is 5.99. The lowest BCUT2D eigenvalue weighted by atomic mass is 10.1. The predicted molar refractivity (Wildman–Crippen MR) is 96.3 cm³/mol. The Morgan fingerprint density at radius 1 is 1.12 bits per heavy atom. The average molecular weight is 336 g/mol. The number of esters is 1. The Kier molecular flexibility index (Phi) is 4.84. The van der Waals surface area contributed by atoms with E-state index in [9.17, 15) is 9.59 Å². The number of fused-ring (bicyclic) bond motifs is 1. The number of amides is 1. The maximum absolute atomic E-state index is 12.6. The summed E-state index contributed by atoms with van der Waals surface area (Å²) in [5.74, 6) is -0.758. The minimum Gasteiger partial charge on any atom is -0.467 e. The molecule has 25 heavy (non-hydrogen) atoms. The van der Waals surface area contributed by atoms with Gasteiger partial charge >= 0.3 is 5.97 Å². The minimum absolute atomic E-state index is 0.297. The smallest absolute Gasteiger partial charge is 0.328 e. The summed E-state index contributed by atoms with van der Waals surface area (Å²) < 4.78 is 6.79. The second-order valence-electron chi connectivity index (χ2n) is 5.94. The summed E-state index contributed by atoms with van der Waals surface area (Å²) in [7, 11) is 3.25. The van der Waals surface area contributed by atoms with Crippen LogP contribution in [0.1, 0.15) is 15.9 Å². The molecule has 2 aromatic carbocycles. The lowest BCUT2D eigenvalue weighted by Crippen LogP contribution is -2.43. The standard InChI is InChI=1S/C20H20N2O3/c1-22-11-10-15-8-9-16(13-18(15)22)19(23)21-17(20(24)25-2)12-14-6-4-3-5-7-14/h3-11,13,17H,12H2,1-2H3,(H,21,23)/t17-/m0/s1. The molecule has 0 saturated carbocycles. The summed E-state index contributed by atoms with van der Waals surface area (Å²) in [4.78, 5) is 24.7. The number of nitrogens with zero attached hydrogens (tertiary/aromatic N) is 1. The van der Waals surface area contributed by atoms with Crippen LogP contribution in [0.3, 0.4) is 0 Å². The first-order valence-electron chi connectivity index (χ1n) is 8.06. The van der Waals surface area contributed by atoms with Gasteiger partial charge in [0.2, 0.25) is 0 Å². The number of carbonyl (C=O) groups excluding carboxylic acids is 2. The monoisotopic (exact) mass is 336 g/mol. The molecule has 0 bridgehead atoms. The van der Waals surface area contributed by atoms with Crippen LogP contribution < -0.4 is 5.32 Å². The fourth-order valence-corrected chi connectivity index (χ4v) is 2.83. The van der Waals surface area contributed by atoms with Gasteiger partial charge in [0.15, 0.2) is 0 Å². The van der Waals surface area contributed by atoms with Gasteiger partial charge in [-0.2, -0.15) is 0 Å². The van der Waals surface area contributed by atoms with Crippen molar-refractivity contribution in [3.63, 3.8) is 0 Å². The van der Waals surface area contributed by atoms with Crippen LogP contribution in [0.15, 0.2) is 60.8 Å². The summed E-state index contributed by atoms with van der Waals surface area (Å²) in [6.45, 7) is 0. The third-order valence-electron chi connectivity index (χ3n) is 4.22. The number of methoxy groups -OCH3 is 1. The third-order valence-corrected chi connectivity index (χ3v) is 4.22. The molecule has 1 amide bonds. The van der Waals surface area contributed by atoms with Crippen LogP contribution >= 0.6 is 0 Å². The molecule has 5 heteroatoms. The number of aryl methyl sites for hydroxylation is 1. The van der Waals surface area contributed by atoms with Gasteiger partial charge in [-0.3, -0.25) is 4.79 Å². The third kappa shape index (κ3) is 3.71. The highest BCUT2D eigenvalue weighted by Gasteiger charge is 2.22. The lowest BCUT2D eigenvalue weighted by molar-refractivity contribution is -0.142. The Morgan fingerprint density at radius 3 is 2.60 bits per heavy atom. The van der Waals surface area contributed by atoms with Crippen molar-refractivity contribution < 1.29 is 14.3 Å². The highest BCUT2D eigenvalue weighted by atomic mass is 16.5. The molecule has 3 rings (SSSR count). The molecule has 0 aliphatic rings. The first-order chi connectivity index (χ1) is 12.1. The number of ether oxygens (including phenoxy) is 1. The van der Waals surface area contributed by atoms with E-state index in [2.05, 4.69) is 5.32 Å². The van der Waals surface area contributed by atoms with Crippen molar-refractivity contribution in [3.05, 3.63) is 71.9 Å². The summed E-state index contributed by atoms with van der Waals surface area (Å²) >= 11 is 0. The number of carbonyl (C=O) groups is 2. The normalized spacial score (nSPS) is 11.9. The van der Waals surface area contributed by atoms with Crippen molar-refractivity contribution in [2.45, 2.75) is 12.5 Å². The van der Waals surface area contributed by atoms with Crippen LogP contribution in [0.4, 0.5) is 0 Å². The molecule has 0 radical (unpaired) electrons. The van der Waals surface area contributed by atoms with E-state index in [-0.39, 0.29) is 5.91 Å². The van der Waals surface area contributed by atoms with Gasteiger partial charge in [0, 0.05) is 30.7 Å². The van der Waals surface area contributed by atoms with Crippen molar-refractivity contribution >= 4 is 22.8 Å². The van der Waals surface area contributed by atoms with Gasteiger partial charge in [0.1, 0.15) is 6.04 Å². The van der Waals surface area contributed by atoms with E-state index in [1.165, 1.54) is 7.11 Å². The van der Waals surface area contributed by atoms with Gasteiger partial charge in [-0.15, -0.1) is 0 Å². The fraction of sp³-hybridized carbons (Fsp3) is 0.200. The van der Waals surface area contributed by atoms with E-state index < -0.39 is 12.0 Å². The van der Waals surface area contributed by atoms with E-state index in [1.54, 1.807) is 6.07 Å². The maximum atomic E-state index is 12.6. The van der Waals surface area contributed by atoms with Crippen LogP contribution in [0.5, 0.6) is 0 Å². The summed E-state index contributed by atoms with van der Waals surface area (Å²) in [5, 5.41) is 3.85. The molecule has 0 unspecified atom stereocenters. The van der Waals surface area contributed by atoms with Gasteiger partial charge < -0.3 is 14.6 Å².